The summed E-state index contributed by atoms with van der Waals surface area (Å²) in [7, 11) is 0. The Kier molecular flexibility index (Phi) is 5.38. The number of benzene rings is 2. The molecule has 6 heteroatoms. The van der Waals surface area contributed by atoms with Crippen LogP contribution in [0.4, 0.5) is 4.39 Å². The van der Waals surface area contributed by atoms with E-state index < -0.39 is 0 Å². The molecule has 0 saturated heterocycles. The number of nitrogens with zero attached hydrogens (tertiary/aromatic N) is 2. The number of hydrogen-bond acceptors (Lipinski definition) is 4. The highest BCUT2D eigenvalue weighted by Crippen LogP contribution is 2.15. The Morgan fingerprint density at radius 2 is 1.88 bits per heavy atom. The van der Waals surface area contributed by atoms with Crippen LogP contribution < -0.4 is 5.32 Å². The van der Waals surface area contributed by atoms with Crippen molar-refractivity contribution in [3.05, 3.63) is 71.8 Å². The van der Waals surface area contributed by atoms with E-state index in [1.54, 1.807) is 54.5 Å². The Balaban J connectivity index is 1.47. The summed E-state index contributed by atoms with van der Waals surface area (Å²) in [6.45, 7) is 0.524. The van der Waals surface area contributed by atoms with Gasteiger partial charge in [-0.1, -0.05) is 18.2 Å². The first kappa shape index (κ1) is 16.4. The lowest BCUT2D eigenvalue weighted by Crippen LogP contribution is -2.25. The number of aromatic nitrogens is 2. The van der Waals surface area contributed by atoms with Crippen LogP contribution in [0, 0.1) is 5.82 Å². The molecule has 3 aromatic rings. The molecule has 0 unspecified atom stereocenters. The van der Waals surface area contributed by atoms with Crippen molar-refractivity contribution in [2.24, 2.45) is 0 Å². The maximum Gasteiger partial charge on any atom is 0.251 e. The van der Waals surface area contributed by atoms with Crippen molar-refractivity contribution in [3.63, 3.8) is 0 Å². The summed E-state index contributed by atoms with van der Waals surface area (Å²) in [4.78, 5) is 20.5. The molecule has 1 amide bonds. The summed E-state index contributed by atoms with van der Waals surface area (Å²) in [6.07, 6.45) is 3.22. The van der Waals surface area contributed by atoms with Crippen LogP contribution in [0.5, 0.6) is 0 Å². The van der Waals surface area contributed by atoms with Gasteiger partial charge in [-0.2, -0.15) is 11.8 Å². The standard InChI is InChI=1S/C18H16FN3OS/c19-15-4-2-1-3-14(15)12-24-10-9-22-18(23)13-5-6-16-17(11-13)21-8-7-20-16/h1-8,11H,9-10,12H2,(H,22,23). The van der Waals surface area contributed by atoms with E-state index in [9.17, 15) is 9.18 Å². The van der Waals surface area contributed by atoms with Crippen molar-refractivity contribution in [3.8, 4) is 0 Å². The fraction of sp³-hybridized carbons (Fsp3) is 0.167. The van der Waals surface area contributed by atoms with E-state index in [0.717, 1.165) is 5.52 Å². The minimum absolute atomic E-state index is 0.144. The second kappa shape index (κ2) is 7.88. The van der Waals surface area contributed by atoms with E-state index in [2.05, 4.69) is 15.3 Å². The first-order valence-electron chi connectivity index (χ1n) is 7.54. The fourth-order valence-electron chi connectivity index (χ4n) is 2.24. The third-order valence-electron chi connectivity index (χ3n) is 3.48. The van der Waals surface area contributed by atoms with E-state index in [4.69, 9.17) is 0 Å². The molecule has 0 radical (unpaired) electrons. The zero-order chi connectivity index (χ0) is 16.8. The number of hydrogen-bond donors (Lipinski definition) is 1. The van der Waals surface area contributed by atoms with E-state index in [-0.39, 0.29) is 11.7 Å². The van der Waals surface area contributed by atoms with E-state index >= 15 is 0 Å². The Morgan fingerprint density at radius 1 is 1.08 bits per heavy atom. The summed E-state index contributed by atoms with van der Waals surface area (Å²) in [5.74, 6) is 0.974. The van der Waals surface area contributed by atoms with Crippen LogP contribution in [-0.4, -0.2) is 28.2 Å². The summed E-state index contributed by atoms with van der Waals surface area (Å²) in [5.41, 5.74) is 2.69. The highest BCUT2D eigenvalue weighted by Gasteiger charge is 2.07. The molecular weight excluding hydrogens is 325 g/mol. The van der Waals surface area contributed by atoms with E-state index in [1.165, 1.54) is 6.07 Å². The molecule has 0 aliphatic heterocycles. The molecule has 0 saturated carbocycles. The molecule has 122 valence electrons. The number of nitrogens with one attached hydrogen (secondary N) is 1. The molecule has 1 heterocycles. The van der Waals surface area contributed by atoms with Gasteiger partial charge in [0.05, 0.1) is 11.0 Å². The van der Waals surface area contributed by atoms with Gasteiger partial charge in [-0.15, -0.1) is 0 Å². The van der Waals surface area contributed by atoms with Crippen LogP contribution in [0.25, 0.3) is 11.0 Å². The number of halogens is 1. The summed E-state index contributed by atoms with van der Waals surface area (Å²) >= 11 is 1.58. The molecule has 0 fully saturated rings. The monoisotopic (exact) mass is 341 g/mol. The third kappa shape index (κ3) is 4.08. The molecule has 0 bridgehead atoms. The molecule has 1 aromatic heterocycles. The van der Waals surface area contributed by atoms with Crippen molar-refractivity contribution in [2.75, 3.05) is 12.3 Å². The molecular formula is C18H16FN3OS. The van der Waals surface area contributed by atoms with Gasteiger partial charge in [0.25, 0.3) is 5.91 Å². The second-order valence-electron chi connectivity index (χ2n) is 5.16. The first-order chi connectivity index (χ1) is 11.7. The van der Waals surface area contributed by atoms with Crippen molar-refractivity contribution in [1.29, 1.82) is 0 Å². The quantitative estimate of drug-likeness (QED) is 0.698. The summed E-state index contributed by atoms with van der Waals surface area (Å²) in [5, 5.41) is 2.86. The maximum absolute atomic E-state index is 13.5. The van der Waals surface area contributed by atoms with Crippen molar-refractivity contribution < 1.29 is 9.18 Å². The lowest BCUT2D eigenvalue weighted by Gasteiger charge is -2.06. The number of fused-ring (bicyclic) bond motifs is 1. The van der Waals surface area contributed by atoms with Gasteiger partial charge in [-0.25, -0.2) is 4.39 Å². The minimum Gasteiger partial charge on any atom is -0.351 e. The number of thioether (sulfide) groups is 1. The van der Waals surface area contributed by atoms with Crippen LogP contribution in [0.3, 0.4) is 0 Å². The van der Waals surface area contributed by atoms with Gasteiger partial charge in [0, 0.05) is 36.0 Å². The van der Waals surface area contributed by atoms with E-state index in [0.29, 0.717) is 34.7 Å². The van der Waals surface area contributed by atoms with Crippen LogP contribution in [0.2, 0.25) is 0 Å². The van der Waals surface area contributed by atoms with Gasteiger partial charge in [-0.3, -0.25) is 14.8 Å². The molecule has 3 rings (SSSR count). The minimum atomic E-state index is -0.189. The van der Waals surface area contributed by atoms with Crippen LogP contribution in [0.15, 0.2) is 54.9 Å². The summed E-state index contributed by atoms with van der Waals surface area (Å²) in [6, 6.07) is 12.0. The van der Waals surface area contributed by atoms with Gasteiger partial charge in [0.15, 0.2) is 0 Å². The molecule has 1 N–H and O–H groups in total. The number of carbonyl (C=O) groups is 1. The molecule has 2 aromatic carbocycles. The number of amides is 1. The molecule has 0 atom stereocenters. The molecule has 4 nitrogen and oxygen atoms in total. The normalized spacial score (nSPS) is 10.7. The fourth-order valence-corrected chi connectivity index (χ4v) is 3.09. The number of rotatable bonds is 6. The molecule has 24 heavy (non-hydrogen) atoms. The van der Waals surface area contributed by atoms with E-state index in [1.807, 2.05) is 6.07 Å². The van der Waals surface area contributed by atoms with Crippen molar-refractivity contribution in [1.82, 2.24) is 15.3 Å². The van der Waals surface area contributed by atoms with Gasteiger partial charge in [0.2, 0.25) is 0 Å². The molecule has 0 aliphatic rings. The largest absolute Gasteiger partial charge is 0.351 e. The Morgan fingerprint density at radius 3 is 2.71 bits per heavy atom. The predicted octanol–water partition coefficient (Wildman–Crippen LogP) is 3.43. The lowest BCUT2D eigenvalue weighted by molar-refractivity contribution is 0.0956. The van der Waals surface area contributed by atoms with Crippen LogP contribution in [0.1, 0.15) is 15.9 Å². The first-order valence-corrected chi connectivity index (χ1v) is 8.69. The van der Waals surface area contributed by atoms with Crippen LogP contribution in [-0.2, 0) is 5.75 Å². The highest BCUT2D eigenvalue weighted by molar-refractivity contribution is 7.98. The third-order valence-corrected chi connectivity index (χ3v) is 4.49. The molecule has 0 aliphatic carbocycles. The molecule has 0 spiro atoms. The smallest absolute Gasteiger partial charge is 0.251 e. The van der Waals surface area contributed by atoms with Gasteiger partial charge in [-0.05, 0) is 29.8 Å². The van der Waals surface area contributed by atoms with Gasteiger partial charge >= 0.3 is 0 Å². The number of carbonyl (C=O) groups excluding carboxylic acids is 1. The summed E-state index contributed by atoms with van der Waals surface area (Å²) < 4.78 is 13.5. The Bertz CT molecular complexity index is 856. The Labute approximate surface area is 143 Å². The zero-order valence-corrected chi connectivity index (χ0v) is 13.7. The average molecular weight is 341 g/mol. The average Bonchev–Trinajstić information content (AvgIpc) is 2.62. The SMILES string of the molecule is O=C(NCCSCc1ccccc1F)c1ccc2nccnc2c1. The Hall–Kier alpha value is -2.47. The van der Waals surface area contributed by atoms with Crippen molar-refractivity contribution in [2.45, 2.75) is 5.75 Å². The van der Waals surface area contributed by atoms with Gasteiger partial charge < -0.3 is 5.32 Å². The zero-order valence-electron chi connectivity index (χ0n) is 12.9. The lowest BCUT2D eigenvalue weighted by atomic mass is 10.2. The topological polar surface area (TPSA) is 54.9 Å². The van der Waals surface area contributed by atoms with Gasteiger partial charge in [0.1, 0.15) is 5.82 Å². The van der Waals surface area contributed by atoms with Crippen LogP contribution >= 0.6 is 11.8 Å². The maximum atomic E-state index is 13.5. The second-order valence-corrected chi connectivity index (χ2v) is 6.26. The highest BCUT2D eigenvalue weighted by atomic mass is 32.2. The predicted molar refractivity (Wildman–Crippen MR) is 94.4 cm³/mol. The van der Waals surface area contributed by atoms with Crippen molar-refractivity contribution >= 4 is 28.7 Å².